The summed E-state index contributed by atoms with van der Waals surface area (Å²) in [5.41, 5.74) is 2.70. The van der Waals surface area contributed by atoms with Crippen molar-refractivity contribution in [1.82, 2.24) is 9.88 Å². The molecule has 1 aliphatic heterocycles. The summed E-state index contributed by atoms with van der Waals surface area (Å²) >= 11 is 0. The van der Waals surface area contributed by atoms with Gasteiger partial charge in [0.25, 0.3) is 0 Å². The van der Waals surface area contributed by atoms with Crippen LogP contribution in [0.1, 0.15) is 49.0 Å². The molecule has 1 aliphatic rings. The average molecular weight is 373 g/mol. The molecule has 1 fully saturated rings. The standard InChI is InChI=1S/C23H23N3O2/c24-13-12-18(17-7-2-1-3-8-17)15-22(27)26-14-6-9-19(16-26)23-25-20-10-4-5-11-21(20)28-23/h1-5,7-8,10-11,18-19H,6,9,12,14-16H2. The normalized spacial score (nSPS) is 18.0. The summed E-state index contributed by atoms with van der Waals surface area (Å²) in [5.74, 6) is 0.875. The highest BCUT2D eigenvalue weighted by atomic mass is 16.3. The molecule has 142 valence electrons. The number of hydrogen-bond acceptors (Lipinski definition) is 4. The molecule has 2 unspecified atom stereocenters. The quantitative estimate of drug-likeness (QED) is 0.654. The molecule has 0 radical (unpaired) electrons. The third kappa shape index (κ3) is 3.91. The Balaban J connectivity index is 1.46. The Labute approximate surface area is 164 Å². The van der Waals surface area contributed by atoms with Crippen LogP contribution in [0.15, 0.2) is 59.0 Å². The zero-order chi connectivity index (χ0) is 19.3. The van der Waals surface area contributed by atoms with Gasteiger partial charge in [-0.15, -0.1) is 0 Å². The number of fused-ring (bicyclic) bond motifs is 1. The maximum absolute atomic E-state index is 13.0. The lowest BCUT2D eigenvalue weighted by atomic mass is 9.91. The molecule has 1 aromatic heterocycles. The number of carbonyl (C=O) groups is 1. The zero-order valence-electron chi connectivity index (χ0n) is 15.8. The minimum Gasteiger partial charge on any atom is -0.440 e. The van der Waals surface area contributed by atoms with E-state index in [0.717, 1.165) is 41.9 Å². The van der Waals surface area contributed by atoms with Gasteiger partial charge in [0, 0.05) is 31.8 Å². The molecule has 0 aliphatic carbocycles. The second kappa shape index (κ2) is 8.26. The summed E-state index contributed by atoms with van der Waals surface area (Å²) in [5, 5.41) is 9.19. The second-order valence-electron chi connectivity index (χ2n) is 7.37. The molecule has 28 heavy (non-hydrogen) atoms. The van der Waals surface area contributed by atoms with Crippen LogP contribution in [0.4, 0.5) is 0 Å². The number of hydrogen-bond donors (Lipinski definition) is 0. The molecule has 3 aromatic rings. The molecule has 0 saturated carbocycles. The van der Waals surface area contributed by atoms with Gasteiger partial charge in [0.15, 0.2) is 11.5 Å². The van der Waals surface area contributed by atoms with Crippen LogP contribution in [0.3, 0.4) is 0 Å². The van der Waals surface area contributed by atoms with Crippen molar-refractivity contribution < 1.29 is 9.21 Å². The van der Waals surface area contributed by atoms with Crippen LogP contribution in [-0.2, 0) is 4.79 Å². The summed E-state index contributed by atoms with van der Waals surface area (Å²) in [6, 6.07) is 19.8. The first kappa shape index (κ1) is 18.2. The lowest BCUT2D eigenvalue weighted by Gasteiger charge is -2.32. The topological polar surface area (TPSA) is 70.1 Å². The van der Waals surface area contributed by atoms with Crippen molar-refractivity contribution in [2.75, 3.05) is 13.1 Å². The highest BCUT2D eigenvalue weighted by molar-refractivity contribution is 5.77. The van der Waals surface area contributed by atoms with Crippen molar-refractivity contribution in [2.24, 2.45) is 0 Å². The fourth-order valence-corrected chi connectivity index (χ4v) is 3.95. The van der Waals surface area contributed by atoms with Crippen molar-refractivity contribution >= 4 is 17.0 Å². The second-order valence-corrected chi connectivity index (χ2v) is 7.37. The van der Waals surface area contributed by atoms with Gasteiger partial charge in [-0.3, -0.25) is 4.79 Å². The number of aromatic nitrogens is 1. The summed E-state index contributed by atoms with van der Waals surface area (Å²) in [6.45, 7) is 1.38. The number of nitriles is 1. The van der Waals surface area contributed by atoms with E-state index in [1.807, 2.05) is 59.5 Å². The van der Waals surface area contributed by atoms with E-state index in [1.165, 1.54) is 0 Å². The van der Waals surface area contributed by atoms with Crippen LogP contribution in [0, 0.1) is 11.3 Å². The Morgan fingerprint density at radius 2 is 2.00 bits per heavy atom. The Morgan fingerprint density at radius 3 is 2.79 bits per heavy atom. The van der Waals surface area contributed by atoms with E-state index in [0.29, 0.717) is 19.4 Å². The first-order chi connectivity index (χ1) is 13.7. The molecule has 5 heteroatoms. The van der Waals surface area contributed by atoms with Crippen molar-refractivity contribution in [3.63, 3.8) is 0 Å². The fraction of sp³-hybridized carbons (Fsp3) is 0.348. The molecular weight excluding hydrogens is 350 g/mol. The summed E-state index contributed by atoms with van der Waals surface area (Å²) < 4.78 is 5.93. The van der Waals surface area contributed by atoms with Gasteiger partial charge in [0.05, 0.1) is 12.0 Å². The first-order valence-corrected chi connectivity index (χ1v) is 9.79. The van der Waals surface area contributed by atoms with E-state index < -0.39 is 0 Å². The third-order valence-corrected chi connectivity index (χ3v) is 5.46. The molecule has 2 heterocycles. The third-order valence-electron chi connectivity index (χ3n) is 5.46. The molecule has 4 rings (SSSR count). The number of para-hydroxylation sites is 2. The van der Waals surface area contributed by atoms with Gasteiger partial charge in [-0.2, -0.15) is 5.26 Å². The van der Waals surface area contributed by atoms with Crippen molar-refractivity contribution in [2.45, 2.75) is 37.5 Å². The maximum atomic E-state index is 13.0. The van der Waals surface area contributed by atoms with Crippen LogP contribution < -0.4 is 0 Å². The fourth-order valence-electron chi connectivity index (χ4n) is 3.95. The maximum Gasteiger partial charge on any atom is 0.223 e. The number of piperidine rings is 1. The van der Waals surface area contributed by atoms with Gasteiger partial charge in [-0.25, -0.2) is 4.98 Å². The first-order valence-electron chi connectivity index (χ1n) is 9.79. The number of nitrogens with zero attached hydrogens (tertiary/aromatic N) is 3. The molecule has 0 spiro atoms. The van der Waals surface area contributed by atoms with Crippen LogP contribution in [0.2, 0.25) is 0 Å². The number of likely N-dealkylation sites (tertiary alicyclic amines) is 1. The number of benzene rings is 2. The molecule has 1 amide bonds. The zero-order valence-corrected chi connectivity index (χ0v) is 15.8. The monoisotopic (exact) mass is 373 g/mol. The van der Waals surface area contributed by atoms with Gasteiger partial charge in [0.1, 0.15) is 5.52 Å². The van der Waals surface area contributed by atoms with Gasteiger partial charge >= 0.3 is 0 Å². The number of carbonyl (C=O) groups excluding carboxylic acids is 1. The molecule has 0 bridgehead atoms. The predicted molar refractivity (Wildman–Crippen MR) is 107 cm³/mol. The molecule has 2 aromatic carbocycles. The van der Waals surface area contributed by atoms with Gasteiger partial charge in [0.2, 0.25) is 5.91 Å². The van der Waals surface area contributed by atoms with E-state index in [9.17, 15) is 10.1 Å². The van der Waals surface area contributed by atoms with Crippen molar-refractivity contribution in [3.05, 3.63) is 66.1 Å². The molecule has 5 nitrogen and oxygen atoms in total. The van der Waals surface area contributed by atoms with E-state index >= 15 is 0 Å². The number of rotatable bonds is 5. The molecule has 1 saturated heterocycles. The Hall–Kier alpha value is -3.13. The SMILES string of the molecule is N#CCC(CC(=O)N1CCCC(c2nc3ccccc3o2)C1)c1ccccc1. The Bertz CT molecular complexity index is 957. The van der Waals surface area contributed by atoms with E-state index in [2.05, 4.69) is 11.1 Å². The van der Waals surface area contributed by atoms with Gasteiger partial charge in [-0.1, -0.05) is 42.5 Å². The minimum absolute atomic E-state index is 0.0663. The van der Waals surface area contributed by atoms with Crippen LogP contribution >= 0.6 is 0 Å². The largest absolute Gasteiger partial charge is 0.440 e. The van der Waals surface area contributed by atoms with E-state index in [4.69, 9.17) is 4.42 Å². The highest BCUT2D eigenvalue weighted by Gasteiger charge is 2.29. The van der Waals surface area contributed by atoms with Crippen LogP contribution in [0.5, 0.6) is 0 Å². The Morgan fingerprint density at radius 1 is 1.21 bits per heavy atom. The van der Waals surface area contributed by atoms with E-state index in [1.54, 1.807) is 0 Å². The molecular formula is C23H23N3O2. The summed E-state index contributed by atoms with van der Waals surface area (Å²) in [7, 11) is 0. The number of oxazole rings is 1. The van der Waals surface area contributed by atoms with Crippen molar-refractivity contribution in [1.29, 1.82) is 5.26 Å². The van der Waals surface area contributed by atoms with Crippen LogP contribution in [-0.4, -0.2) is 28.9 Å². The van der Waals surface area contributed by atoms with Gasteiger partial charge < -0.3 is 9.32 Å². The smallest absolute Gasteiger partial charge is 0.223 e. The number of amides is 1. The summed E-state index contributed by atoms with van der Waals surface area (Å²) in [6.07, 6.45) is 2.61. The predicted octanol–water partition coefficient (Wildman–Crippen LogP) is 4.62. The minimum atomic E-state index is -0.0663. The lowest BCUT2D eigenvalue weighted by molar-refractivity contribution is -0.132. The van der Waals surface area contributed by atoms with Gasteiger partial charge in [-0.05, 0) is 30.5 Å². The molecule has 0 N–H and O–H groups in total. The highest BCUT2D eigenvalue weighted by Crippen LogP contribution is 2.31. The van der Waals surface area contributed by atoms with E-state index in [-0.39, 0.29) is 17.7 Å². The average Bonchev–Trinajstić information content (AvgIpc) is 3.18. The Kier molecular flexibility index (Phi) is 5.38. The molecule has 2 atom stereocenters. The van der Waals surface area contributed by atoms with Crippen molar-refractivity contribution in [3.8, 4) is 6.07 Å². The lowest BCUT2D eigenvalue weighted by Crippen LogP contribution is -2.39. The summed E-state index contributed by atoms with van der Waals surface area (Å²) in [4.78, 5) is 19.5. The van der Waals surface area contributed by atoms with Crippen LogP contribution in [0.25, 0.3) is 11.1 Å².